The van der Waals surface area contributed by atoms with Crippen molar-refractivity contribution >= 4 is 17.0 Å². The third kappa shape index (κ3) is 4.17. The molecule has 0 N–H and O–H groups in total. The van der Waals surface area contributed by atoms with E-state index in [-0.39, 0.29) is 36.1 Å². The highest BCUT2D eigenvalue weighted by molar-refractivity contribution is 5.84. The fraction of sp³-hybridized carbons (Fsp3) is 0.556. The summed E-state index contributed by atoms with van der Waals surface area (Å²) in [7, 11) is 1.68. The fourth-order valence-corrected chi connectivity index (χ4v) is 5.77. The highest BCUT2D eigenvalue weighted by Gasteiger charge is 2.38. The number of hydrogen-bond donors (Lipinski definition) is 0. The molecule has 0 saturated carbocycles. The zero-order chi connectivity index (χ0) is 27.5. The lowest BCUT2D eigenvalue weighted by Crippen LogP contribution is -2.57. The quantitative estimate of drug-likeness (QED) is 0.501. The van der Waals surface area contributed by atoms with Gasteiger partial charge in [-0.2, -0.15) is 10.2 Å². The first-order valence-electron chi connectivity index (χ1n) is 13.0. The summed E-state index contributed by atoms with van der Waals surface area (Å²) in [6, 6.07) is 5.10. The summed E-state index contributed by atoms with van der Waals surface area (Å²) in [6.45, 7) is 13.5. The Hall–Kier alpha value is -3.65. The van der Waals surface area contributed by atoms with Gasteiger partial charge in [0.2, 0.25) is 5.79 Å². The molecule has 11 heteroatoms. The van der Waals surface area contributed by atoms with Gasteiger partial charge in [-0.3, -0.25) is 9.47 Å². The molecule has 0 spiro atoms. The third-order valence-corrected chi connectivity index (χ3v) is 7.62. The minimum atomic E-state index is -0.826. The zero-order valence-electron chi connectivity index (χ0n) is 22.9. The van der Waals surface area contributed by atoms with Gasteiger partial charge in [0.25, 0.3) is 0 Å². The maximum absolute atomic E-state index is 15.2. The highest BCUT2D eigenvalue weighted by atomic mass is 19.1. The van der Waals surface area contributed by atoms with Crippen molar-refractivity contribution in [3.63, 3.8) is 0 Å². The van der Waals surface area contributed by atoms with Crippen LogP contribution in [-0.4, -0.2) is 55.0 Å². The molecule has 3 atom stereocenters. The van der Waals surface area contributed by atoms with E-state index in [9.17, 15) is 10.1 Å². The number of rotatable bonds is 5. The van der Waals surface area contributed by atoms with Crippen LogP contribution >= 0.6 is 0 Å². The Labute approximate surface area is 221 Å². The molecule has 2 aliphatic heterocycles. The highest BCUT2D eigenvalue weighted by Crippen LogP contribution is 2.43. The van der Waals surface area contributed by atoms with Crippen LogP contribution in [0.4, 0.5) is 10.2 Å². The number of halogens is 1. The lowest BCUT2D eigenvalue weighted by Gasteiger charge is -2.47. The second kappa shape index (κ2) is 9.27. The van der Waals surface area contributed by atoms with Crippen molar-refractivity contribution in [1.82, 2.24) is 24.0 Å². The molecule has 1 saturated heterocycles. The number of nitriles is 1. The number of anilines is 1. The lowest BCUT2D eigenvalue weighted by atomic mass is 10.00. The molecule has 38 heavy (non-hydrogen) atoms. The van der Waals surface area contributed by atoms with Crippen molar-refractivity contribution in [2.24, 2.45) is 7.05 Å². The summed E-state index contributed by atoms with van der Waals surface area (Å²) in [4.78, 5) is 26.4. The number of piperazine rings is 1. The number of aryl methyl sites for hydroxylation is 2. The molecular weight excluding hydrogens is 489 g/mol. The topological polar surface area (TPSA) is 101 Å². The maximum atomic E-state index is 15.2. The van der Waals surface area contributed by atoms with E-state index >= 15 is 4.39 Å². The number of ether oxygens (including phenoxy) is 2. The normalized spacial score (nSPS) is 21.6. The third-order valence-electron chi connectivity index (χ3n) is 7.62. The molecule has 10 nitrogen and oxygen atoms in total. The molecule has 5 rings (SSSR count). The molecule has 3 aromatic rings. The van der Waals surface area contributed by atoms with E-state index in [1.165, 1.54) is 10.6 Å². The van der Waals surface area contributed by atoms with Crippen LogP contribution in [0.5, 0.6) is 11.5 Å². The van der Waals surface area contributed by atoms with E-state index in [1.54, 1.807) is 27.0 Å². The van der Waals surface area contributed by atoms with Crippen LogP contribution in [0.3, 0.4) is 0 Å². The molecule has 0 bridgehead atoms. The number of imidazole rings is 1. The molecule has 0 aliphatic carbocycles. The molecule has 4 heterocycles. The van der Waals surface area contributed by atoms with Crippen molar-refractivity contribution < 1.29 is 13.9 Å². The summed E-state index contributed by atoms with van der Waals surface area (Å²) in [5.74, 6) is 0.945. The Balaban J connectivity index is 1.47. The van der Waals surface area contributed by atoms with E-state index in [0.717, 1.165) is 0 Å². The van der Waals surface area contributed by atoms with Crippen molar-refractivity contribution in [2.75, 3.05) is 18.0 Å². The van der Waals surface area contributed by atoms with Gasteiger partial charge in [-0.05, 0) is 33.8 Å². The van der Waals surface area contributed by atoms with Gasteiger partial charge in [-0.15, -0.1) is 0 Å². The fourth-order valence-electron chi connectivity index (χ4n) is 5.77. The monoisotopic (exact) mass is 523 g/mol. The number of benzene rings is 1. The molecule has 1 aromatic carbocycles. The van der Waals surface area contributed by atoms with Crippen LogP contribution in [0.15, 0.2) is 16.9 Å². The molecule has 2 aliphatic rings. The van der Waals surface area contributed by atoms with Crippen molar-refractivity contribution in [3.05, 3.63) is 39.8 Å². The van der Waals surface area contributed by atoms with Crippen LogP contribution in [0, 0.1) is 17.1 Å². The number of fused-ring (bicyclic) bond motifs is 2. The summed E-state index contributed by atoms with van der Waals surface area (Å²) < 4.78 is 30.2. The van der Waals surface area contributed by atoms with Gasteiger partial charge >= 0.3 is 5.69 Å². The van der Waals surface area contributed by atoms with Gasteiger partial charge in [0, 0.05) is 70.3 Å². The van der Waals surface area contributed by atoms with Crippen molar-refractivity contribution in [2.45, 2.75) is 78.4 Å². The van der Waals surface area contributed by atoms with E-state index in [0.29, 0.717) is 59.5 Å². The second-order valence-electron chi connectivity index (χ2n) is 10.7. The van der Waals surface area contributed by atoms with Gasteiger partial charge in [0.1, 0.15) is 22.8 Å². The van der Waals surface area contributed by atoms with Crippen LogP contribution in [-0.2, 0) is 20.0 Å². The minimum absolute atomic E-state index is 0.0233. The first-order chi connectivity index (χ1) is 18.0. The largest absolute Gasteiger partial charge is 0.449 e. The summed E-state index contributed by atoms with van der Waals surface area (Å²) in [6.07, 6.45) is 0.145. The summed E-state index contributed by atoms with van der Waals surface area (Å²) in [5, 5.41) is 9.31. The first-order valence-corrected chi connectivity index (χ1v) is 13.0. The summed E-state index contributed by atoms with van der Waals surface area (Å²) >= 11 is 0. The zero-order valence-corrected chi connectivity index (χ0v) is 22.9. The van der Waals surface area contributed by atoms with E-state index < -0.39 is 5.79 Å². The predicted octanol–water partition coefficient (Wildman–Crippen LogP) is 3.52. The van der Waals surface area contributed by atoms with Gasteiger partial charge < -0.3 is 18.9 Å². The standard InChI is InChI=1S/C27H34FN7O3/c1-8-33-22(9-10-29)30-23-24(31-26(36)32(7)25(23)33)35-14-15(2)34(13-16(35)3)17(4)18-11-20-21(12-19(18)28)38-27(5,6)37-20/h11-12,15-17H,8-9,13-14H2,1-7H3/t15-,16+,17?/m1/s1. The Morgan fingerprint density at radius 2 is 1.87 bits per heavy atom. The average molecular weight is 524 g/mol. The molecule has 0 radical (unpaired) electrons. The predicted molar refractivity (Wildman–Crippen MR) is 141 cm³/mol. The van der Waals surface area contributed by atoms with Crippen LogP contribution in [0.1, 0.15) is 59.0 Å². The average Bonchev–Trinajstić information content (AvgIpc) is 3.37. The van der Waals surface area contributed by atoms with Gasteiger partial charge in [0.05, 0.1) is 12.5 Å². The van der Waals surface area contributed by atoms with Crippen LogP contribution in [0.2, 0.25) is 0 Å². The van der Waals surface area contributed by atoms with Crippen molar-refractivity contribution in [1.29, 1.82) is 5.26 Å². The van der Waals surface area contributed by atoms with E-state index in [4.69, 9.17) is 14.5 Å². The number of aromatic nitrogens is 4. The minimum Gasteiger partial charge on any atom is -0.449 e. The SMILES string of the molecule is CCn1c(CC#N)nc2c(N3C[C@@H](C)N(C(C)c4cc5c(cc4F)OC(C)(C)O5)C[C@@H]3C)nc(=O)n(C)c21. The smallest absolute Gasteiger partial charge is 0.350 e. The Kier molecular flexibility index (Phi) is 6.34. The first kappa shape index (κ1) is 26.0. The molecule has 202 valence electrons. The second-order valence-corrected chi connectivity index (χ2v) is 10.7. The van der Waals surface area contributed by atoms with Gasteiger partial charge in [0.15, 0.2) is 17.3 Å². The number of nitrogens with zero attached hydrogens (tertiary/aromatic N) is 7. The lowest BCUT2D eigenvalue weighted by molar-refractivity contribution is -0.0432. The van der Waals surface area contributed by atoms with Crippen LogP contribution < -0.4 is 20.1 Å². The molecular formula is C27H34FN7O3. The Morgan fingerprint density at radius 1 is 1.18 bits per heavy atom. The van der Waals surface area contributed by atoms with E-state index in [2.05, 4.69) is 34.7 Å². The van der Waals surface area contributed by atoms with Gasteiger partial charge in [-0.1, -0.05) is 0 Å². The molecule has 0 amide bonds. The maximum Gasteiger partial charge on any atom is 0.350 e. The molecule has 2 aromatic heterocycles. The number of hydrogen-bond acceptors (Lipinski definition) is 8. The molecule has 1 unspecified atom stereocenters. The Bertz CT molecular complexity index is 1510. The van der Waals surface area contributed by atoms with Crippen molar-refractivity contribution in [3.8, 4) is 17.6 Å². The van der Waals surface area contributed by atoms with E-state index in [1.807, 2.05) is 18.4 Å². The van der Waals surface area contributed by atoms with Crippen LogP contribution in [0.25, 0.3) is 11.2 Å². The summed E-state index contributed by atoms with van der Waals surface area (Å²) in [5.41, 5.74) is 1.46. The molecule has 1 fully saturated rings. The van der Waals surface area contributed by atoms with Gasteiger partial charge in [-0.25, -0.2) is 14.2 Å². The Morgan fingerprint density at radius 3 is 2.53 bits per heavy atom.